The largest absolute Gasteiger partial charge is 0.374 e. The Morgan fingerprint density at radius 1 is 1.29 bits per heavy atom. The molecule has 0 saturated heterocycles. The van der Waals surface area contributed by atoms with Gasteiger partial charge >= 0.3 is 0 Å². The van der Waals surface area contributed by atoms with Gasteiger partial charge in [-0.15, -0.1) is 0 Å². The molecule has 9 heteroatoms. The van der Waals surface area contributed by atoms with Crippen LogP contribution in [-0.2, 0) is 0 Å². The summed E-state index contributed by atoms with van der Waals surface area (Å²) >= 11 is 5.79. The number of hydrogen-bond acceptors (Lipinski definition) is 7. The van der Waals surface area contributed by atoms with Gasteiger partial charge in [-0.25, -0.2) is 24.3 Å². The lowest BCUT2D eigenvalue weighted by Gasteiger charge is -2.12. The topological polar surface area (TPSA) is 95.9 Å². The van der Waals surface area contributed by atoms with Crippen molar-refractivity contribution < 1.29 is 9.50 Å². The fraction of sp³-hybridized carbons (Fsp3) is 0.200. The highest BCUT2D eigenvalue weighted by atomic mass is 35.5. The molecule has 1 unspecified atom stereocenters. The van der Waals surface area contributed by atoms with E-state index in [0.717, 1.165) is 0 Å². The predicted molar refractivity (Wildman–Crippen MR) is 89.7 cm³/mol. The van der Waals surface area contributed by atoms with E-state index in [2.05, 4.69) is 30.6 Å². The zero-order chi connectivity index (χ0) is 17.1. The summed E-state index contributed by atoms with van der Waals surface area (Å²) < 4.78 is 13.3. The van der Waals surface area contributed by atoms with Crippen LogP contribution in [0, 0.1) is 5.82 Å². The first kappa shape index (κ1) is 16.3. The van der Waals surface area contributed by atoms with Gasteiger partial charge in [0, 0.05) is 5.69 Å². The van der Waals surface area contributed by atoms with Gasteiger partial charge in [-0.2, -0.15) is 0 Å². The molecule has 2 heterocycles. The van der Waals surface area contributed by atoms with Crippen LogP contribution >= 0.6 is 11.6 Å². The number of aromatic nitrogens is 4. The Morgan fingerprint density at radius 2 is 2.12 bits per heavy atom. The lowest BCUT2D eigenvalue weighted by atomic mass is 10.3. The lowest BCUT2D eigenvalue weighted by Crippen LogP contribution is -2.18. The van der Waals surface area contributed by atoms with Crippen LogP contribution in [0.15, 0.2) is 30.7 Å². The number of nitrogens with zero attached hydrogens (tertiary/aromatic N) is 4. The van der Waals surface area contributed by atoms with Crippen LogP contribution in [0.4, 0.5) is 21.8 Å². The summed E-state index contributed by atoms with van der Waals surface area (Å²) in [6, 6.07) is 4.25. The molecule has 24 heavy (non-hydrogen) atoms. The van der Waals surface area contributed by atoms with Gasteiger partial charge in [-0.05, 0) is 24.6 Å². The molecule has 2 aromatic heterocycles. The Hall–Kier alpha value is -2.58. The van der Waals surface area contributed by atoms with Crippen LogP contribution in [0.1, 0.15) is 13.3 Å². The molecule has 0 aliphatic heterocycles. The molecule has 3 N–H and O–H groups in total. The number of benzene rings is 1. The fourth-order valence-corrected chi connectivity index (χ4v) is 2.16. The summed E-state index contributed by atoms with van der Waals surface area (Å²) in [5.41, 5.74) is 1.54. The molecule has 124 valence electrons. The maximum absolute atomic E-state index is 13.3. The number of halogens is 2. The van der Waals surface area contributed by atoms with E-state index < -0.39 is 12.0 Å². The molecule has 3 aromatic rings. The molecule has 7 nitrogen and oxygen atoms in total. The van der Waals surface area contributed by atoms with E-state index in [9.17, 15) is 9.50 Å². The maximum atomic E-state index is 13.3. The van der Waals surface area contributed by atoms with Crippen molar-refractivity contribution in [3.8, 4) is 0 Å². The molecule has 0 bridgehead atoms. The van der Waals surface area contributed by atoms with Crippen molar-refractivity contribution in [2.45, 2.75) is 19.6 Å². The second-order valence-electron chi connectivity index (χ2n) is 4.97. The molecular weight excluding hydrogens is 335 g/mol. The number of aliphatic hydroxyl groups excluding tert-OH is 1. The number of rotatable bonds is 5. The van der Waals surface area contributed by atoms with Crippen LogP contribution < -0.4 is 10.6 Å². The first-order chi connectivity index (χ1) is 11.6. The van der Waals surface area contributed by atoms with Gasteiger partial charge in [0.25, 0.3) is 0 Å². The van der Waals surface area contributed by atoms with Crippen molar-refractivity contribution in [1.82, 2.24) is 19.9 Å². The Balaban J connectivity index is 1.97. The summed E-state index contributed by atoms with van der Waals surface area (Å²) in [7, 11) is 0. The molecule has 0 aliphatic rings. The molecule has 1 aromatic carbocycles. The van der Waals surface area contributed by atoms with Crippen molar-refractivity contribution in [2.75, 3.05) is 10.6 Å². The summed E-state index contributed by atoms with van der Waals surface area (Å²) in [5.74, 6) is 0.170. The lowest BCUT2D eigenvalue weighted by molar-refractivity contribution is 0.198. The van der Waals surface area contributed by atoms with Crippen molar-refractivity contribution in [3.63, 3.8) is 0 Å². The van der Waals surface area contributed by atoms with E-state index in [1.165, 1.54) is 30.7 Å². The molecular formula is C15H14ClFN6O. The predicted octanol–water partition coefficient (Wildman–Crippen LogP) is 3.10. The SMILES string of the molecule is CCC(O)Nc1ncc2ncnc(Nc3ccc(F)c(Cl)c3)c2n1. The minimum absolute atomic E-state index is 0.00131. The summed E-state index contributed by atoms with van der Waals surface area (Å²) in [6.45, 7) is 1.83. The Kier molecular flexibility index (Phi) is 4.68. The van der Waals surface area contributed by atoms with Crippen LogP contribution in [0.3, 0.4) is 0 Å². The van der Waals surface area contributed by atoms with Crippen LogP contribution in [0.2, 0.25) is 5.02 Å². The van der Waals surface area contributed by atoms with Crippen LogP contribution in [0.25, 0.3) is 11.0 Å². The molecule has 0 radical (unpaired) electrons. The number of anilines is 3. The fourth-order valence-electron chi connectivity index (χ4n) is 1.98. The normalized spacial score (nSPS) is 12.2. The van der Waals surface area contributed by atoms with Crippen LogP contribution in [-0.4, -0.2) is 31.3 Å². The van der Waals surface area contributed by atoms with E-state index in [1.807, 2.05) is 6.92 Å². The molecule has 3 rings (SSSR count). The Bertz CT molecular complexity index is 878. The highest BCUT2D eigenvalue weighted by Gasteiger charge is 2.10. The van der Waals surface area contributed by atoms with Crippen molar-refractivity contribution >= 4 is 40.1 Å². The number of fused-ring (bicyclic) bond motifs is 1. The van der Waals surface area contributed by atoms with Crippen LogP contribution in [0.5, 0.6) is 0 Å². The van der Waals surface area contributed by atoms with Gasteiger partial charge in [0.1, 0.15) is 29.4 Å². The summed E-state index contributed by atoms with van der Waals surface area (Å²) in [5, 5.41) is 15.5. The van der Waals surface area contributed by atoms with Gasteiger partial charge in [0.05, 0.1) is 11.2 Å². The zero-order valence-electron chi connectivity index (χ0n) is 12.7. The Labute approximate surface area is 142 Å². The Morgan fingerprint density at radius 3 is 2.88 bits per heavy atom. The van der Waals surface area contributed by atoms with Crippen molar-refractivity contribution in [2.24, 2.45) is 0 Å². The second kappa shape index (κ2) is 6.90. The molecule has 0 spiro atoms. The van der Waals surface area contributed by atoms with E-state index in [0.29, 0.717) is 29.0 Å². The molecule has 1 atom stereocenters. The summed E-state index contributed by atoms with van der Waals surface area (Å²) in [4.78, 5) is 16.7. The molecule has 0 saturated carbocycles. The third-order valence-electron chi connectivity index (χ3n) is 3.24. The van der Waals surface area contributed by atoms with Gasteiger partial charge in [-0.1, -0.05) is 18.5 Å². The van der Waals surface area contributed by atoms with Gasteiger partial charge < -0.3 is 15.7 Å². The zero-order valence-corrected chi connectivity index (χ0v) is 13.4. The number of hydrogen-bond donors (Lipinski definition) is 3. The average Bonchev–Trinajstić information content (AvgIpc) is 2.58. The second-order valence-corrected chi connectivity index (χ2v) is 5.38. The minimum atomic E-state index is -0.751. The quantitative estimate of drug-likeness (QED) is 0.610. The van der Waals surface area contributed by atoms with E-state index >= 15 is 0 Å². The molecule has 0 fully saturated rings. The smallest absolute Gasteiger partial charge is 0.225 e. The van der Waals surface area contributed by atoms with E-state index in [1.54, 1.807) is 0 Å². The first-order valence-electron chi connectivity index (χ1n) is 7.21. The van der Waals surface area contributed by atoms with E-state index in [-0.39, 0.29) is 11.0 Å². The summed E-state index contributed by atoms with van der Waals surface area (Å²) in [6.07, 6.45) is 2.65. The standard InChI is InChI=1S/C15H14ClFN6O/c1-2-12(24)22-15-18-6-11-13(23-15)14(20-7-19-11)21-8-3-4-10(17)9(16)5-8/h3-7,12,24H,2H2,1H3,(H,18,22,23)(H,19,20,21). The van der Waals surface area contributed by atoms with Crippen molar-refractivity contribution in [1.29, 1.82) is 0 Å². The molecule has 0 amide bonds. The van der Waals surface area contributed by atoms with Gasteiger partial charge in [0.2, 0.25) is 5.95 Å². The van der Waals surface area contributed by atoms with Crippen molar-refractivity contribution in [3.05, 3.63) is 41.6 Å². The maximum Gasteiger partial charge on any atom is 0.225 e. The van der Waals surface area contributed by atoms with Gasteiger partial charge in [-0.3, -0.25) is 0 Å². The first-order valence-corrected chi connectivity index (χ1v) is 7.59. The van der Waals surface area contributed by atoms with Gasteiger partial charge in [0.15, 0.2) is 5.82 Å². The average molecular weight is 349 g/mol. The third-order valence-corrected chi connectivity index (χ3v) is 3.53. The highest BCUT2D eigenvalue weighted by Crippen LogP contribution is 2.25. The minimum Gasteiger partial charge on any atom is -0.374 e. The number of nitrogens with one attached hydrogen (secondary N) is 2. The number of aliphatic hydroxyl groups is 1. The monoisotopic (exact) mass is 348 g/mol. The van der Waals surface area contributed by atoms with E-state index in [4.69, 9.17) is 11.6 Å². The highest BCUT2D eigenvalue weighted by molar-refractivity contribution is 6.31. The third kappa shape index (κ3) is 3.50. The molecule has 0 aliphatic carbocycles.